The minimum absolute atomic E-state index is 0.172. The van der Waals surface area contributed by atoms with Gasteiger partial charge in [-0.3, -0.25) is 14.3 Å². The van der Waals surface area contributed by atoms with Gasteiger partial charge in [0.2, 0.25) is 21.7 Å². The zero-order valence-electron chi connectivity index (χ0n) is 13.7. The van der Waals surface area contributed by atoms with Gasteiger partial charge in [0.1, 0.15) is 0 Å². The summed E-state index contributed by atoms with van der Waals surface area (Å²) in [5.74, 6) is -2.37. The topological polar surface area (TPSA) is 98.8 Å². The van der Waals surface area contributed by atoms with Gasteiger partial charge in [-0.05, 0) is 13.3 Å². The molecule has 0 aliphatic carbocycles. The van der Waals surface area contributed by atoms with Crippen LogP contribution in [0.4, 0.5) is 0 Å². The van der Waals surface area contributed by atoms with E-state index < -0.39 is 33.1 Å². The van der Waals surface area contributed by atoms with Gasteiger partial charge in [0.25, 0.3) is 5.78 Å². The summed E-state index contributed by atoms with van der Waals surface area (Å²) in [6, 6.07) is 8.56. The molecule has 25 heavy (non-hydrogen) atoms. The predicted octanol–water partition coefficient (Wildman–Crippen LogP) is 1.94. The van der Waals surface area contributed by atoms with Crippen molar-refractivity contribution in [2.45, 2.75) is 25.9 Å². The van der Waals surface area contributed by atoms with Gasteiger partial charge < -0.3 is 9.47 Å². The van der Waals surface area contributed by atoms with Crippen molar-refractivity contribution in [2.75, 3.05) is 11.1 Å². The number of nitrogens with one attached hydrogen (secondary N) is 1. The van der Waals surface area contributed by atoms with Crippen LogP contribution < -0.4 is 4.72 Å². The molecule has 1 atom stereocenters. The summed E-state index contributed by atoms with van der Waals surface area (Å²) < 4.78 is 37.0. The second kappa shape index (κ2) is 7.57. The molecule has 0 saturated carbocycles. The highest BCUT2D eigenvalue weighted by Gasteiger charge is 2.50. The number of Topliss-reactive ketones (excluding diaryl/α,β-unsaturated/α-hetero) is 1. The first kappa shape index (κ1) is 19.5. The molecule has 0 bridgehead atoms. The van der Waals surface area contributed by atoms with E-state index in [1.807, 2.05) is 0 Å². The molecule has 1 heterocycles. The molecule has 0 amide bonds. The molecule has 1 aromatic rings. The van der Waals surface area contributed by atoms with E-state index in [2.05, 4.69) is 20.7 Å². The van der Waals surface area contributed by atoms with Gasteiger partial charge in [-0.15, -0.1) is 0 Å². The normalized spacial score (nSPS) is 20.4. The van der Waals surface area contributed by atoms with Crippen molar-refractivity contribution < 1.29 is 27.5 Å². The van der Waals surface area contributed by atoms with E-state index in [0.717, 1.165) is 6.92 Å². The van der Waals surface area contributed by atoms with E-state index >= 15 is 0 Å². The van der Waals surface area contributed by atoms with Gasteiger partial charge in [0, 0.05) is 17.8 Å². The SMILES string of the molecule is CC(=O)OC1=C(NS(=O)(=O)CCCBr)OC(C)(c2ccccc2)C1=O. The summed E-state index contributed by atoms with van der Waals surface area (Å²) in [6.45, 7) is 2.61. The Bertz CT molecular complexity index is 805. The molecule has 0 aromatic heterocycles. The first-order valence-electron chi connectivity index (χ1n) is 7.48. The maximum Gasteiger partial charge on any atom is 0.308 e. The zero-order valence-corrected chi connectivity index (χ0v) is 16.1. The number of alkyl halides is 1. The lowest BCUT2D eigenvalue weighted by Gasteiger charge is -2.23. The number of hydrogen-bond donors (Lipinski definition) is 1. The molecule has 1 aliphatic rings. The minimum Gasteiger partial charge on any atom is -0.456 e. The van der Waals surface area contributed by atoms with Crippen LogP contribution in [0.1, 0.15) is 25.8 Å². The van der Waals surface area contributed by atoms with Crippen LogP contribution in [0, 0.1) is 0 Å². The van der Waals surface area contributed by atoms with Crippen LogP contribution in [0.5, 0.6) is 0 Å². The molecule has 0 saturated heterocycles. The largest absolute Gasteiger partial charge is 0.456 e. The number of halogens is 1. The van der Waals surface area contributed by atoms with Crippen LogP contribution in [0.2, 0.25) is 0 Å². The summed E-state index contributed by atoms with van der Waals surface area (Å²) >= 11 is 3.16. The van der Waals surface area contributed by atoms with Gasteiger partial charge in [0.05, 0.1) is 5.75 Å². The zero-order chi connectivity index (χ0) is 18.7. The summed E-state index contributed by atoms with van der Waals surface area (Å²) in [5.41, 5.74) is -0.974. The molecule has 0 radical (unpaired) electrons. The number of ether oxygens (including phenoxy) is 2. The van der Waals surface area contributed by atoms with Crippen LogP contribution in [-0.2, 0) is 34.7 Å². The fourth-order valence-corrected chi connectivity index (χ4v) is 4.00. The van der Waals surface area contributed by atoms with Crippen molar-refractivity contribution >= 4 is 37.7 Å². The molecule has 2 rings (SSSR count). The van der Waals surface area contributed by atoms with Gasteiger partial charge in [-0.2, -0.15) is 0 Å². The summed E-state index contributed by atoms with van der Waals surface area (Å²) in [5, 5.41) is 0.505. The van der Waals surface area contributed by atoms with Gasteiger partial charge in [-0.25, -0.2) is 8.42 Å². The highest BCUT2D eigenvalue weighted by atomic mass is 79.9. The molecule has 1 aromatic carbocycles. The van der Waals surface area contributed by atoms with E-state index in [9.17, 15) is 18.0 Å². The molecule has 1 aliphatic heterocycles. The lowest BCUT2D eigenvalue weighted by molar-refractivity contribution is -0.142. The third kappa shape index (κ3) is 4.40. The van der Waals surface area contributed by atoms with E-state index in [0.29, 0.717) is 17.3 Å². The molecule has 1 unspecified atom stereocenters. The van der Waals surface area contributed by atoms with E-state index in [4.69, 9.17) is 9.47 Å². The van der Waals surface area contributed by atoms with Crippen LogP contribution in [-0.4, -0.2) is 31.3 Å². The Morgan fingerprint density at radius 3 is 2.52 bits per heavy atom. The second-order valence-corrected chi connectivity index (χ2v) is 8.18. The number of carbonyl (C=O) groups excluding carboxylic acids is 2. The monoisotopic (exact) mass is 431 g/mol. The molecule has 1 N–H and O–H groups in total. The number of esters is 1. The van der Waals surface area contributed by atoms with Gasteiger partial charge in [0.15, 0.2) is 5.60 Å². The van der Waals surface area contributed by atoms with E-state index in [-0.39, 0.29) is 11.6 Å². The quantitative estimate of drug-likeness (QED) is 0.523. The Kier molecular flexibility index (Phi) is 5.89. The first-order chi connectivity index (χ1) is 11.7. The highest BCUT2D eigenvalue weighted by Crippen LogP contribution is 2.38. The molecular formula is C16H18BrNO6S. The van der Waals surface area contributed by atoms with Crippen LogP contribution in [0.15, 0.2) is 42.0 Å². The fraction of sp³-hybridized carbons (Fsp3) is 0.375. The molecule has 0 spiro atoms. The van der Waals surface area contributed by atoms with Crippen molar-refractivity contribution in [3.05, 3.63) is 47.5 Å². The second-order valence-electron chi connectivity index (χ2n) is 5.55. The fourth-order valence-electron chi connectivity index (χ4n) is 2.30. The average Bonchev–Trinajstić information content (AvgIpc) is 2.78. The molecule has 9 heteroatoms. The van der Waals surface area contributed by atoms with Crippen molar-refractivity contribution in [1.29, 1.82) is 0 Å². The maximum absolute atomic E-state index is 12.8. The number of rotatable bonds is 7. The third-order valence-corrected chi connectivity index (χ3v) is 5.40. The Morgan fingerprint density at radius 2 is 1.96 bits per heavy atom. The first-order valence-corrected chi connectivity index (χ1v) is 10.3. The van der Waals surface area contributed by atoms with E-state index in [1.165, 1.54) is 6.92 Å². The number of hydrogen-bond acceptors (Lipinski definition) is 6. The smallest absolute Gasteiger partial charge is 0.308 e. The predicted molar refractivity (Wildman–Crippen MR) is 94.0 cm³/mol. The maximum atomic E-state index is 12.8. The standard InChI is InChI=1S/C16H18BrNO6S/c1-11(19)23-13-14(20)16(2,12-7-4-3-5-8-12)24-15(13)18-25(21,22)10-6-9-17/h3-5,7-8,18H,6,9-10H2,1-2H3. The lowest BCUT2D eigenvalue weighted by Crippen LogP contribution is -2.32. The highest BCUT2D eigenvalue weighted by molar-refractivity contribution is 9.09. The van der Waals surface area contributed by atoms with Crippen LogP contribution >= 0.6 is 15.9 Å². The number of carbonyl (C=O) groups is 2. The number of sulfonamides is 1. The lowest BCUT2D eigenvalue weighted by atomic mass is 9.92. The molecule has 7 nitrogen and oxygen atoms in total. The average molecular weight is 432 g/mol. The Hall–Kier alpha value is -1.87. The molecule has 136 valence electrons. The molecule has 0 fully saturated rings. The van der Waals surface area contributed by atoms with Crippen LogP contribution in [0.25, 0.3) is 0 Å². The Balaban J connectivity index is 2.38. The Morgan fingerprint density at radius 1 is 1.32 bits per heavy atom. The Labute approximate surface area is 154 Å². The van der Waals surface area contributed by atoms with Crippen molar-refractivity contribution in [3.8, 4) is 0 Å². The van der Waals surface area contributed by atoms with Crippen molar-refractivity contribution in [2.24, 2.45) is 0 Å². The van der Waals surface area contributed by atoms with E-state index in [1.54, 1.807) is 30.3 Å². The van der Waals surface area contributed by atoms with Gasteiger partial charge in [-0.1, -0.05) is 46.3 Å². The van der Waals surface area contributed by atoms with Crippen LogP contribution in [0.3, 0.4) is 0 Å². The summed E-state index contributed by atoms with van der Waals surface area (Å²) in [7, 11) is -3.76. The van der Waals surface area contributed by atoms with Crippen molar-refractivity contribution in [1.82, 2.24) is 4.72 Å². The number of benzene rings is 1. The molecular weight excluding hydrogens is 414 g/mol. The third-order valence-electron chi connectivity index (χ3n) is 3.52. The van der Waals surface area contributed by atoms with Crippen molar-refractivity contribution in [3.63, 3.8) is 0 Å². The number of ketones is 1. The summed E-state index contributed by atoms with van der Waals surface area (Å²) in [4.78, 5) is 24.1. The summed E-state index contributed by atoms with van der Waals surface area (Å²) in [6.07, 6.45) is 0.370. The minimum atomic E-state index is -3.76. The van der Waals surface area contributed by atoms with Gasteiger partial charge >= 0.3 is 5.97 Å².